The first kappa shape index (κ1) is 8.32. The van der Waals surface area contributed by atoms with Crippen molar-refractivity contribution in [2.24, 2.45) is 0 Å². The van der Waals surface area contributed by atoms with E-state index in [2.05, 4.69) is 12.8 Å². The van der Waals surface area contributed by atoms with Crippen molar-refractivity contribution < 1.29 is 5.11 Å². The van der Waals surface area contributed by atoms with Crippen LogP contribution < -0.4 is 0 Å². The van der Waals surface area contributed by atoms with E-state index in [1.807, 2.05) is 12.1 Å². The maximum absolute atomic E-state index is 9.21. The van der Waals surface area contributed by atoms with Gasteiger partial charge in [-0.05, 0) is 18.6 Å². The summed E-state index contributed by atoms with van der Waals surface area (Å²) >= 11 is 1.57. The molecule has 0 aliphatic carbocycles. The molecule has 0 aromatic carbocycles. The molecule has 0 fully saturated rings. The van der Waals surface area contributed by atoms with Crippen LogP contribution in [0.15, 0.2) is 12.1 Å². The van der Waals surface area contributed by atoms with Crippen molar-refractivity contribution in [3.05, 3.63) is 21.9 Å². The fraction of sp³-hybridized carbons (Fsp3) is 0.333. The van der Waals surface area contributed by atoms with Gasteiger partial charge in [0.05, 0.1) is 0 Å². The quantitative estimate of drug-likeness (QED) is 0.666. The van der Waals surface area contributed by atoms with Crippen LogP contribution in [0.25, 0.3) is 0 Å². The van der Waals surface area contributed by atoms with Crippen molar-refractivity contribution in [2.45, 2.75) is 19.4 Å². The first-order valence-electron chi connectivity index (χ1n) is 3.50. The van der Waals surface area contributed by atoms with Gasteiger partial charge in [0.25, 0.3) is 0 Å². The van der Waals surface area contributed by atoms with Gasteiger partial charge in [0.1, 0.15) is 6.10 Å². The van der Waals surface area contributed by atoms with E-state index >= 15 is 0 Å². The molecule has 1 heterocycles. The third kappa shape index (κ3) is 1.83. The topological polar surface area (TPSA) is 20.2 Å². The highest BCUT2D eigenvalue weighted by Gasteiger charge is 2.05. The third-order valence-electron chi connectivity index (χ3n) is 1.46. The van der Waals surface area contributed by atoms with E-state index in [4.69, 9.17) is 6.42 Å². The number of aliphatic hydroxyl groups is 1. The fourth-order valence-electron chi connectivity index (χ4n) is 0.814. The van der Waals surface area contributed by atoms with Crippen LogP contribution in [0.3, 0.4) is 0 Å². The van der Waals surface area contributed by atoms with Crippen LogP contribution in [0.5, 0.6) is 0 Å². The van der Waals surface area contributed by atoms with E-state index in [9.17, 15) is 5.11 Å². The Morgan fingerprint density at radius 3 is 2.91 bits per heavy atom. The summed E-state index contributed by atoms with van der Waals surface area (Å²) in [5.74, 6) is 2.28. The maximum atomic E-state index is 9.21. The Morgan fingerprint density at radius 1 is 1.73 bits per heavy atom. The van der Waals surface area contributed by atoms with Gasteiger partial charge in [-0.3, -0.25) is 0 Å². The Balaban J connectivity index is 2.82. The minimum atomic E-state index is -0.722. The van der Waals surface area contributed by atoms with Gasteiger partial charge in [0.2, 0.25) is 0 Å². The summed E-state index contributed by atoms with van der Waals surface area (Å²) in [5.41, 5.74) is 0. The number of rotatable bonds is 2. The zero-order valence-electron chi connectivity index (χ0n) is 6.37. The van der Waals surface area contributed by atoms with Crippen molar-refractivity contribution in [2.75, 3.05) is 0 Å². The van der Waals surface area contributed by atoms with Gasteiger partial charge in [0.15, 0.2) is 0 Å². The minimum Gasteiger partial charge on any atom is -0.375 e. The first-order chi connectivity index (χ1) is 5.27. The van der Waals surface area contributed by atoms with E-state index in [-0.39, 0.29) is 0 Å². The van der Waals surface area contributed by atoms with Gasteiger partial charge in [-0.15, -0.1) is 17.8 Å². The molecule has 1 N–H and O–H groups in total. The minimum absolute atomic E-state index is 0.722. The molecule has 0 saturated carbocycles. The molecule has 1 rings (SSSR count). The van der Waals surface area contributed by atoms with Gasteiger partial charge < -0.3 is 5.11 Å². The van der Waals surface area contributed by atoms with Gasteiger partial charge in [0, 0.05) is 9.75 Å². The Hall–Kier alpha value is -0.780. The van der Waals surface area contributed by atoms with E-state index in [1.165, 1.54) is 4.88 Å². The summed E-state index contributed by atoms with van der Waals surface area (Å²) in [6.45, 7) is 2.08. The highest BCUT2D eigenvalue weighted by Crippen LogP contribution is 2.22. The third-order valence-corrected chi connectivity index (χ3v) is 2.74. The van der Waals surface area contributed by atoms with Crippen LogP contribution in [-0.4, -0.2) is 5.11 Å². The summed E-state index contributed by atoms with van der Waals surface area (Å²) in [5, 5.41) is 9.21. The largest absolute Gasteiger partial charge is 0.375 e. The Bertz CT molecular complexity index is 269. The number of aryl methyl sites for hydroxylation is 1. The van der Waals surface area contributed by atoms with Gasteiger partial charge in [-0.2, -0.15) is 0 Å². The Morgan fingerprint density at radius 2 is 2.45 bits per heavy atom. The molecule has 1 aromatic heterocycles. The lowest BCUT2D eigenvalue weighted by molar-refractivity contribution is 0.242. The zero-order valence-corrected chi connectivity index (χ0v) is 7.19. The molecule has 58 valence electrons. The second kappa shape index (κ2) is 3.56. The van der Waals surface area contributed by atoms with Crippen LogP contribution in [-0.2, 0) is 6.42 Å². The van der Waals surface area contributed by atoms with Crippen LogP contribution >= 0.6 is 11.3 Å². The van der Waals surface area contributed by atoms with E-state index in [0.29, 0.717) is 0 Å². The maximum Gasteiger partial charge on any atom is 0.149 e. The second-order valence-electron chi connectivity index (χ2n) is 2.23. The Kier molecular flexibility index (Phi) is 2.70. The molecule has 1 unspecified atom stereocenters. The average Bonchev–Trinajstić information content (AvgIpc) is 2.50. The summed E-state index contributed by atoms with van der Waals surface area (Å²) in [6.07, 6.45) is 5.34. The molecular formula is C9H10OS. The predicted molar refractivity (Wildman–Crippen MR) is 47.5 cm³/mol. The van der Waals surface area contributed by atoms with Crippen molar-refractivity contribution in [3.63, 3.8) is 0 Å². The lowest BCUT2D eigenvalue weighted by Gasteiger charge is -1.95. The molecule has 0 radical (unpaired) electrons. The van der Waals surface area contributed by atoms with Crippen molar-refractivity contribution in [1.29, 1.82) is 0 Å². The molecule has 2 heteroatoms. The molecule has 1 nitrogen and oxygen atoms in total. The van der Waals surface area contributed by atoms with Crippen LogP contribution in [0, 0.1) is 12.3 Å². The smallest absolute Gasteiger partial charge is 0.149 e. The summed E-state index contributed by atoms with van der Waals surface area (Å²) in [4.78, 5) is 2.12. The van der Waals surface area contributed by atoms with Gasteiger partial charge >= 0.3 is 0 Å². The highest BCUT2D eigenvalue weighted by atomic mass is 32.1. The lowest BCUT2D eigenvalue weighted by Crippen LogP contribution is -1.86. The number of thiophene rings is 1. The van der Waals surface area contributed by atoms with Gasteiger partial charge in [-0.25, -0.2) is 0 Å². The number of terminal acetylenes is 1. The lowest BCUT2D eigenvalue weighted by atomic mass is 10.3. The standard InChI is InChI=1S/C9H10OS/c1-3-7-5-6-9(11-7)8(10)4-2/h2,5-6,8,10H,3H2,1H3. The zero-order chi connectivity index (χ0) is 8.27. The summed E-state index contributed by atoms with van der Waals surface area (Å²) < 4.78 is 0. The predicted octanol–water partition coefficient (Wildman–Crippen LogP) is 1.98. The Labute approximate surface area is 70.7 Å². The van der Waals surface area contributed by atoms with Crippen LogP contribution in [0.2, 0.25) is 0 Å². The second-order valence-corrected chi connectivity index (χ2v) is 3.43. The summed E-state index contributed by atoms with van der Waals surface area (Å²) in [6, 6.07) is 3.88. The first-order valence-corrected chi connectivity index (χ1v) is 4.32. The molecule has 1 aromatic rings. The van der Waals surface area contributed by atoms with Crippen LogP contribution in [0.1, 0.15) is 22.8 Å². The van der Waals surface area contributed by atoms with E-state index < -0.39 is 6.10 Å². The molecule has 0 aliphatic rings. The molecule has 0 spiro atoms. The molecule has 0 amide bonds. The average molecular weight is 166 g/mol. The number of hydrogen-bond acceptors (Lipinski definition) is 2. The van der Waals surface area contributed by atoms with Crippen molar-refractivity contribution in [3.8, 4) is 12.3 Å². The highest BCUT2D eigenvalue weighted by molar-refractivity contribution is 7.12. The monoisotopic (exact) mass is 166 g/mol. The van der Waals surface area contributed by atoms with Gasteiger partial charge in [-0.1, -0.05) is 12.8 Å². The normalized spacial score (nSPS) is 12.5. The fourth-order valence-corrected chi connectivity index (χ4v) is 1.71. The molecule has 11 heavy (non-hydrogen) atoms. The van der Waals surface area contributed by atoms with E-state index in [1.54, 1.807) is 11.3 Å². The summed E-state index contributed by atoms with van der Waals surface area (Å²) in [7, 11) is 0. The molecular weight excluding hydrogens is 156 g/mol. The molecule has 0 saturated heterocycles. The van der Waals surface area contributed by atoms with Crippen molar-refractivity contribution >= 4 is 11.3 Å². The van der Waals surface area contributed by atoms with Crippen molar-refractivity contribution in [1.82, 2.24) is 0 Å². The van der Waals surface area contributed by atoms with E-state index in [0.717, 1.165) is 11.3 Å². The molecule has 0 aliphatic heterocycles. The number of hydrogen-bond donors (Lipinski definition) is 1. The number of aliphatic hydroxyl groups excluding tert-OH is 1. The molecule has 0 bridgehead atoms. The molecule has 1 atom stereocenters. The van der Waals surface area contributed by atoms with Crippen LogP contribution in [0.4, 0.5) is 0 Å². The SMILES string of the molecule is C#CC(O)c1ccc(CC)s1.